The van der Waals surface area contributed by atoms with Crippen molar-refractivity contribution in [3.8, 4) is 11.5 Å². The monoisotopic (exact) mass is 397 g/mol. The normalized spacial score (nSPS) is 23.4. The van der Waals surface area contributed by atoms with Gasteiger partial charge in [-0.05, 0) is 61.8 Å². The second kappa shape index (κ2) is 6.91. The van der Waals surface area contributed by atoms with Crippen LogP contribution in [0.15, 0.2) is 29.9 Å². The molecule has 0 saturated heterocycles. The van der Waals surface area contributed by atoms with Crippen molar-refractivity contribution in [3.05, 3.63) is 45.9 Å². The number of phenolic OH excluding ortho intramolecular Hbond substituents is 1. The van der Waals surface area contributed by atoms with E-state index in [-0.39, 0.29) is 16.9 Å². The van der Waals surface area contributed by atoms with E-state index >= 15 is 0 Å². The number of nitrogens with zero attached hydrogens (tertiary/aromatic N) is 1. The third kappa shape index (κ3) is 3.26. The molecule has 0 spiro atoms. The van der Waals surface area contributed by atoms with E-state index in [0.717, 1.165) is 42.6 Å². The Balaban J connectivity index is 1.78. The van der Waals surface area contributed by atoms with Crippen LogP contribution in [0.4, 0.5) is 0 Å². The minimum atomic E-state index is -0.257. The van der Waals surface area contributed by atoms with E-state index in [1.54, 1.807) is 11.3 Å². The molecule has 0 fully saturated rings. The summed E-state index contributed by atoms with van der Waals surface area (Å²) in [6.45, 7) is 11.1. The number of hydrogen-bond donors (Lipinski definition) is 1. The summed E-state index contributed by atoms with van der Waals surface area (Å²) in [5.41, 5.74) is 5.16. The molecule has 0 amide bonds. The molecule has 0 bridgehead atoms. The predicted molar refractivity (Wildman–Crippen MR) is 116 cm³/mol. The fraction of sp³-hybridized carbons (Fsp3) is 0.542. The summed E-state index contributed by atoms with van der Waals surface area (Å²) in [5.74, 6) is 1.89. The van der Waals surface area contributed by atoms with Crippen molar-refractivity contribution in [2.75, 3.05) is 0 Å². The van der Waals surface area contributed by atoms with Crippen molar-refractivity contribution < 1.29 is 9.84 Å². The zero-order chi connectivity index (χ0) is 20.1. The Morgan fingerprint density at radius 1 is 1.32 bits per heavy atom. The van der Waals surface area contributed by atoms with Crippen LogP contribution in [0.2, 0.25) is 0 Å². The van der Waals surface area contributed by atoms with Crippen molar-refractivity contribution >= 4 is 16.9 Å². The number of aromatic hydroxyl groups is 1. The number of rotatable bonds is 4. The Morgan fingerprint density at radius 3 is 2.79 bits per heavy atom. The molecule has 0 radical (unpaired) electrons. The van der Waals surface area contributed by atoms with Crippen molar-refractivity contribution in [3.63, 3.8) is 0 Å². The highest BCUT2D eigenvalue weighted by Crippen LogP contribution is 2.56. The summed E-state index contributed by atoms with van der Waals surface area (Å²) in [7, 11) is 0. The first-order valence-electron chi connectivity index (χ1n) is 10.4. The molecule has 1 aromatic heterocycles. The Bertz CT molecular complexity index is 896. The Morgan fingerprint density at radius 2 is 2.11 bits per heavy atom. The van der Waals surface area contributed by atoms with Crippen LogP contribution in [0.25, 0.3) is 5.57 Å². The van der Waals surface area contributed by atoms with E-state index in [0.29, 0.717) is 11.7 Å². The number of ether oxygens (including phenoxy) is 1. The van der Waals surface area contributed by atoms with Gasteiger partial charge in [0.2, 0.25) is 0 Å². The van der Waals surface area contributed by atoms with Gasteiger partial charge in [0.05, 0.1) is 5.51 Å². The lowest BCUT2D eigenvalue weighted by atomic mass is 9.66. The molecular formula is C24H31NO2S. The SMILES string of the molecule is CCCC(C)(C)c1cc(O)c2c(c1)OC(C)(C)[C@@H]1CC=C(c3cncs3)C[C@@H]21. The summed E-state index contributed by atoms with van der Waals surface area (Å²) >= 11 is 1.69. The predicted octanol–water partition coefficient (Wildman–Crippen LogP) is 6.67. The molecule has 2 aromatic rings. The maximum Gasteiger partial charge on any atom is 0.127 e. The molecule has 0 unspecified atom stereocenters. The highest BCUT2D eigenvalue weighted by Gasteiger charge is 2.46. The first kappa shape index (κ1) is 19.5. The molecule has 1 aliphatic heterocycles. The first-order chi connectivity index (χ1) is 13.2. The molecule has 0 saturated carbocycles. The van der Waals surface area contributed by atoms with Gasteiger partial charge in [0.15, 0.2) is 0 Å². The number of aromatic nitrogens is 1. The van der Waals surface area contributed by atoms with Gasteiger partial charge in [-0.15, -0.1) is 11.3 Å². The standard InChI is InChI=1S/C24H31NO2S/c1-6-9-23(2,3)16-11-19(26)22-17-10-15(21-13-25-14-28-21)7-8-18(17)24(4,5)27-20(22)12-16/h7,11-14,17-18,26H,6,8-10H2,1-5H3/t17-,18-/m1/s1. The van der Waals surface area contributed by atoms with Crippen LogP contribution in [0.3, 0.4) is 0 Å². The summed E-state index contributed by atoms with van der Waals surface area (Å²) in [4.78, 5) is 5.49. The molecule has 150 valence electrons. The van der Waals surface area contributed by atoms with Gasteiger partial charge in [-0.25, -0.2) is 0 Å². The lowest BCUT2D eigenvalue weighted by Gasteiger charge is -2.47. The number of hydrogen-bond acceptors (Lipinski definition) is 4. The van der Waals surface area contributed by atoms with Crippen LogP contribution in [0.1, 0.15) is 82.2 Å². The Labute approximate surface area is 172 Å². The molecule has 4 rings (SSSR count). The van der Waals surface area contributed by atoms with Gasteiger partial charge in [0, 0.05) is 28.5 Å². The average Bonchev–Trinajstić information content (AvgIpc) is 3.15. The number of phenols is 1. The van der Waals surface area contributed by atoms with Crippen molar-refractivity contribution in [2.45, 2.75) is 77.2 Å². The zero-order valence-electron chi connectivity index (χ0n) is 17.6. The third-order valence-electron chi connectivity index (χ3n) is 6.71. The van der Waals surface area contributed by atoms with Crippen LogP contribution in [-0.2, 0) is 5.41 Å². The maximum absolute atomic E-state index is 11.1. The second-order valence-corrected chi connectivity index (χ2v) is 10.4. The third-order valence-corrected chi connectivity index (χ3v) is 7.55. The molecule has 1 aromatic carbocycles. The van der Waals surface area contributed by atoms with Crippen LogP contribution in [0, 0.1) is 5.92 Å². The fourth-order valence-electron chi connectivity index (χ4n) is 5.13. The Hall–Kier alpha value is -1.81. The quantitative estimate of drug-likeness (QED) is 0.626. The van der Waals surface area contributed by atoms with E-state index in [1.807, 2.05) is 17.8 Å². The molecule has 3 nitrogen and oxygen atoms in total. The van der Waals surface area contributed by atoms with E-state index in [2.05, 4.69) is 51.7 Å². The van der Waals surface area contributed by atoms with Gasteiger partial charge in [0.25, 0.3) is 0 Å². The smallest absolute Gasteiger partial charge is 0.127 e. The largest absolute Gasteiger partial charge is 0.508 e. The summed E-state index contributed by atoms with van der Waals surface area (Å²) in [6.07, 6.45) is 8.40. The maximum atomic E-state index is 11.1. The molecule has 1 N–H and O–H groups in total. The topological polar surface area (TPSA) is 42.4 Å². The van der Waals surface area contributed by atoms with E-state index in [1.165, 1.54) is 10.5 Å². The minimum Gasteiger partial charge on any atom is -0.508 e. The van der Waals surface area contributed by atoms with Gasteiger partial charge in [-0.2, -0.15) is 0 Å². The number of thiazole rings is 1. The Kier molecular flexibility index (Phi) is 4.81. The van der Waals surface area contributed by atoms with Gasteiger partial charge in [-0.1, -0.05) is 33.3 Å². The molecule has 2 heterocycles. The van der Waals surface area contributed by atoms with Gasteiger partial charge in [0.1, 0.15) is 17.1 Å². The first-order valence-corrected chi connectivity index (χ1v) is 11.2. The summed E-state index contributed by atoms with van der Waals surface area (Å²) < 4.78 is 6.51. The summed E-state index contributed by atoms with van der Waals surface area (Å²) in [6, 6.07) is 4.17. The van der Waals surface area contributed by atoms with E-state index < -0.39 is 0 Å². The molecule has 28 heavy (non-hydrogen) atoms. The van der Waals surface area contributed by atoms with Gasteiger partial charge in [-0.3, -0.25) is 4.98 Å². The highest BCUT2D eigenvalue weighted by atomic mass is 32.1. The number of allylic oxidation sites excluding steroid dienone is 2. The van der Waals surface area contributed by atoms with Crippen molar-refractivity contribution in [2.24, 2.45) is 5.92 Å². The molecule has 1 aliphatic carbocycles. The molecular weight excluding hydrogens is 366 g/mol. The zero-order valence-corrected chi connectivity index (χ0v) is 18.4. The molecule has 4 heteroatoms. The van der Waals surface area contributed by atoms with Crippen LogP contribution in [0.5, 0.6) is 11.5 Å². The van der Waals surface area contributed by atoms with Crippen molar-refractivity contribution in [1.29, 1.82) is 0 Å². The van der Waals surface area contributed by atoms with E-state index in [9.17, 15) is 5.11 Å². The minimum absolute atomic E-state index is 0.0197. The lowest BCUT2D eigenvalue weighted by Crippen LogP contribution is -2.45. The molecule has 2 aliphatic rings. The summed E-state index contributed by atoms with van der Waals surface area (Å²) in [5, 5.41) is 11.1. The van der Waals surface area contributed by atoms with Crippen LogP contribution in [-0.4, -0.2) is 15.7 Å². The lowest BCUT2D eigenvalue weighted by molar-refractivity contribution is 0.00912. The highest BCUT2D eigenvalue weighted by molar-refractivity contribution is 7.10. The average molecular weight is 398 g/mol. The molecule has 2 atom stereocenters. The van der Waals surface area contributed by atoms with Crippen LogP contribution < -0.4 is 4.74 Å². The second-order valence-electron chi connectivity index (χ2n) is 9.49. The number of fused-ring (bicyclic) bond motifs is 3. The number of benzene rings is 1. The van der Waals surface area contributed by atoms with E-state index in [4.69, 9.17) is 4.74 Å². The van der Waals surface area contributed by atoms with Gasteiger partial charge < -0.3 is 9.84 Å². The fourth-order valence-corrected chi connectivity index (χ4v) is 5.81. The van der Waals surface area contributed by atoms with Crippen LogP contribution >= 0.6 is 11.3 Å². The van der Waals surface area contributed by atoms with Crippen molar-refractivity contribution in [1.82, 2.24) is 4.98 Å². The van der Waals surface area contributed by atoms with Gasteiger partial charge >= 0.3 is 0 Å².